The van der Waals surface area contributed by atoms with E-state index in [4.69, 9.17) is 0 Å². The minimum Gasteiger partial charge on any atom is -0.309 e. The average molecular weight is 444 g/mol. The van der Waals surface area contributed by atoms with Crippen LogP contribution in [0.5, 0.6) is 0 Å². The van der Waals surface area contributed by atoms with Gasteiger partial charge in [-0.1, -0.05) is 17.4 Å². The predicted molar refractivity (Wildman–Crippen MR) is 116 cm³/mol. The molecule has 9 heteroatoms. The number of thiophene rings is 1. The number of hydrogen-bond donors (Lipinski definition) is 0. The minimum atomic E-state index is -0.720. The van der Waals surface area contributed by atoms with Crippen molar-refractivity contribution in [1.29, 1.82) is 0 Å². The van der Waals surface area contributed by atoms with Gasteiger partial charge in [-0.2, -0.15) is 0 Å². The number of thiazole rings is 1. The van der Waals surface area contributed by atoms with E-state index >= 15 is 0 Å². The molecule has 0 aliphatic rings. The maximum Gasteiger partial charge on any atom is 0.252 e. The molecule has 0 fully saturated rings. The Bertz CT molecular complexity index is 958. The maximum absolute atomic E-state index is 14.0. The SMILES string of the molecule is CN(C)CCCN(C(=O)C=Cc1cccs1)c1nc2c(F)cc(F)cc2s1.Cl. The Labute approximate surface area is 176 Å². The van der Waals surface area contributed by atoms with Gasteiger partial charge in [-0.3, -0.25) is 9.69 Å². The lowest BCUT2D eigenvalue weighted by Crippen LogP contribution is -2.32. The third-order valence-corrected chi connectivity index (χ3v) is 5.68. The first kappa shape index (κ1) is 22.4. The lowest BCUT2D eigenvalue weighted by atomic mass is 10.3. The molecule has 0 saturated carbocycles. The van der Waals surface area contributed by atoms with E-state index in [0.717, 1.165) is 35.2 Å². The van der Waals surface area contributed by atoms with E-state index in [1.807, 2.05) is 36.5 Å². The highest BCUT2D eigenvalue weighted by molar-refractivity contribution is 7.22. The van der Waals surface area contributed by atoms with E-state index in [0.29, 0.717) is 16.4 Å². The van der Waals surface area contributed by atoms with Gasteiger partial charge < -0.3 is 4.90 Å². The highest BCUT2D eigenvalue weighted by atomic mass is 35.5. The molecular weight excluding hydrogens is 424 g/mol. The molecule has 3 aromatic rings. The van der Waals surface area contributed by atoms with Crippen molar-refractivity contribution in [3.63, 3.8) is 0 Å². The smallest absolute Gasteiger partial charge is 0.252 e. The van der Waals surface area contributed by atoms with Crippen molar-refractivity contribution in [1.82, 2.24) is 9.88 Å². The number of fused-ring (bicyclic) bond motifs is 1. The van der Waals surface area contributed by atoms with Crippen LogP contribution in [0.2, 0.25) is 0 Å². The summed E-state index contributed by atoms with van der Waals surface area (Å²) >= 11 is 2.65. The van der Waals surface area contributed by atoms with E-state index in [1.165, 1.54) is 28.4 Å². The molecule has 0 aliphatic carbocycles. The highest BCUT2D eigenvalue weighted by Gasteiger charge is 2.19. The highest BCUT2D eigenvalue weighted by Crippen LogP contribution is 2.31. The topological polar surface area (TPSA) is 36.4 Å². The Balaban J connectivity index is 0.00000280. The molecule has 150 valence electrons. The summed E-state index contributed by atoms with van der Waals surface area (Å²) in [7, 11) is 3.91. The molecule has 1 aromatic carbocycles. The molecule has 0 N–H and O–H groups in total. The number of anilines is 1. The van der Waals surface area contributed by atoms with Crippen molar-refractivity contribution < 1.29 is 13.6 Å². The van der Waals surface area contributed by atoms with Crippen molar-refractivity contribution in [2.45, 2.75) is 6.42 Å². The van der Waals surface area contributed by atoms with Gasteiger partial charge in [-0.15, -0.1) is 23.7 Å². The van der Waals surface area contributed by atoms with Crippen molar-refractivity contribution in [3.05, 3.63) is 52.2 Å². The largest absolute Gasteiger partial charge is 0.309 e. The summed E-state index contributed by atoms with van der Waals surface area (Å²) in [6.07, 6.45) is 3.97. The molecular formula is C19H20ClF2N3OS2. The van der Waals surface area contributed by atoms with Crippen LogP contribution in [0.25, 0.3) is 16.3 Å². The summed E-state index contributed by atoms with van der Waals surface area (Å²) in [6, 6.07) is 5.87. The summed E-state index contributed by atoms with van der Waals surface area (Å²) < 4.78 is 27.9. The third-order valence-electron chi connectivity index (χ3n) is 3.82. The second-order valence-corrected chi connectivity index (χ2v) is 8.21. The lowest BCUT2D eigenvalue weighted by molar-refractivity contribution is -0.114. The van der Waals surface area contributed by atoms with Crippen LogP contribution in [-0.2, 0) is 4.79 Å². The van der Waals surface area contributed by atoms with Crippen LogP contribution in [0.1, 0.15) is 11.3 Å². The molecule has 2 heterocycles. The van der Waals surface area contributed by atoms with Gasteiger partial charge >= 0.3 is 0 Å². The summed E-state index contributed by atoms with van der Waals surface area (Å²) in [5.74, 6) is -1.61. The molecule has 4 nitrogen and oxygen atoms in total. The first-order valence-electron chi connectivity index (χ1n) is 8.37. The van der Waals surface area contributed by atoms with E-state index < -0.39 is 11.6 Å². The fraction of sp³-hybridized carbons (Fsp3) is 0.263. The zero-order valence-electron chi connectivity index (χ0n) is 15.4. The van der Waals surface area contributed by atoms with E-state index in [9.17, 15) is 13.6 Å². The monoisotopic (exact) mass is 443 g/mol. The molecule has 0 aliphatic heterocycles. The van der Waals surface area contributed by atoms with E-state index in [2.05, 4.69) is 4.98 Å². The summed E-state index contributed by atoms with van der Waals surface area (Å²) in [4.78, 5) is 21.5. The molecule has 2 aromatic heterocycles. The first-order chi connectivity index (χ1) is 12.9. The maximum atomic E-state index is 14.0. The van der Waals surface area contributed by atoms with Crippen LogP contribution >= 0.6 is 35.1 Å². The van der Waals surface area contributed by atoms with Gasteiger partial charge in [-0.05, 0) is 50.6 Å². The standard InChI is InChI=1S/C19H19F2N3OS2.ClH/c1-23(2)8-4-9-24(17(25)7-6-14-5-3-10-26-14)19-22-18-15(21)11-13(20)12-16(18)27-19;/h3,5-7,10-12H,4,8-9H2,1-2H3;1H. The van der Waals surface area contributed by atoms with Gasteiger partial charge in [-0.25, -0.2) is 13.8 Å². The number of carbonyl (C=O) groups is 1. The fourth-order valence-corrected chi connectivity index (χ4v) is 4.19. The van der Waals surface area contributed by atoms with E-state index in [1.54, 1.807) is 6.08 Å². The molecule has 0 spiro atoms. The van der Waals surface area contributed by atoms with Crippen molar-refractivity contribution in [2.24, 2.45) is 0 Å². The van der Waals surface area contributed by atoms with Gasteiger partial charge in [0, 0.05) is 23.6 Å². The number of rotatable bonds is 7. The summed E-state index contributed by atoms with van der Waals surface area (Å²) in [6.45, 7) is 1.24. The minimum absolute atomic E-state index is 0. The van der Waals surface area contributed by atoms with Gasteiger partial charge in [0.25, 0.3) is 5.91 Å². The predicted octanol–water partition coefficient (Wildman–Crippen LogP) is 5.06. The average Bonchev–Trinajstić information content (AvgIpc) is 3.25. The van der Waals surface area contributed by atoms with Gasteiger partial charge in [0.1, 0.15) is 11.3 Å². The second kappa shape index (κ2) is 10.1. The Hall–Kier alpha value is -1.87. The molecule has 1 amide bonds. The summed E-state index contributed by atoms with van der Waals surface area (Å²) in [5.41, 5.74) is 0.0871. The number of aromatic nitrogens is 1. The Morgan fingerprint density at radius 3 is 2.71 bits per heavy atom. The summed E-state index contributed by atoms with van der Waals surface area (Å²) in [5, 5.41) is 2.30. The molecule has 0 bridgehead atoms. The number of carbonyl (C=O) groups excluding carboxylic acids is 1. The number of benzene rings is 1. The number of halogens is 3. The molecule has 0 atom stereocenters. The van der Waals surface area contributed by atoms with E-state index in [-0.39, 0.29) is 23.8 Å². The molecule has 0 unspecified atom stereocenters. The van der Waals surface area contributed by atoms with Crippen LogP contribution < -0.4 is 4.90 Å². The Morgan fingerprint density at radius 2 is 2.04 bits per heavy atom. The zero-order chi connectivity index (χ0) is 19.4. The molecule has 0 saturated heterocycles. The van der Waals surface area contributed by atoms with Crippen LogP contribution in [0, 0.1) is 11.6 Å². The fourth-order valence-electron chi connectivity index (χ4n) is 2.54. The number of nitrogens with zero attached hydrogens (tertiary/aromatic N) is 3. The molecule has 28 heavy (non-hydrogen) atoms. The van der Waals surface area contributed by atoms with Crippen LogP contribution in [-0.4, -0.2) is 43.0 Å². The Morgan fingerprint density at radius 1 is 1.25 bits per heavy atom. The number of hydrogen-bond acceptors (Lipinski definition) is 5. The normalized spacial score (nSPS) is 11.3. The van der Waals surface area contributed by atoms with Gasteiger partial charge in [0.15, 0.2) is 10.9 Å². The van der Waals surface area contributed by atoms with Gasteiger partial charge in [0.05, 0.1) is 4.70 Å². The quantitative estimate of drug-likeness (QED) is 0.479. The first-order valence-corrected chi connectivity index (χ1v) is 10.1. The van der Waals surface area contributed by atoms with Gasteiger partial charge in [0.2, 0.25) is 0 Å². The van der Waals surface area contributed by atoms with Crippen LogP contribution in [0.3, 0.4) is 0 Å². The van der Waals surface area contributed by atoms with Crippen molar-refractivity contribution in [2.75, 3.05) is 32.1 Å². The Kier molecular flexibility index (Phi) is 8.06. The zero-order valence-corrected chi connectivity index (χ0v) is 17.8. The van der Waals surface area contributed by atoms with Crippen LogP contribution in [0.15, 0.2) is 35.7 Å². The molecule has 3 rings (SSSR count). The second-order valence-electron chi connectivity index (χ2n) is 6.23. The van der Waals surface area contributed by atoms with Crippen molar-refractivity contribution >= 4 is 62.4 Å². The van der Waals surface area contributed by atoms with Crippen LogP contribution in [0.4, 0.5) is 13.9 Å². The number of amides is 1. The molecule has 0 radical (unpaired) electrons. The lowest BCUT2D eigenvalue weighted by Gasteiger charge is -2.19. The van der Waals surface area contributed by atoms with Crippen molar-refractivity contribution in [3.8, 4) is 0 Å². The third kappa shape index (κ3) is 5.57.